The van der Waals surface area contributed by atoms with Crippen molar-refractivity contribution in [2.75, 3.05) is 6.61 Å². The minimum atomic E-state index is -0.793. The first kappa shape index (κ1) is 54.8. The van der Waals surface area contributed by atoms with Crippen LogP contribution in [0.4, 0.5) is 0 Å². The summed E-state index contributed by atoms with van der Waals surface area (Å²) in [6.07, 6.45) is 53.2. The molecule has 0 rings (SSSR count). The van der Waals surface area contributed by atoms with Gasteiger partial charge >= 0.3 is 5.97 Å². The molecule has 332 valence electrons. The molecule has 0 aromatic rings. The molecule has 0 radical (unpaired) electrons. The van der Waals surface area contributed by atoms with Crippen molar-refractivity contribution >= 4 is 11.9 Å². The van der Waals surface area contributed by atoms with Crippen LogP contribution >= 0.6 is 0 Å². The van der Waals surface area contributed by atoms with Gasteiger partial charge < -0.3 is 20.3 Å². The van der Waals surface area contributed by atoms with Gasteiger partial charge in [0.15, 0.2) is 0 Å². The lowest BCUT2D eigenvalue weighted by Crippen LogP contribution is -2.46. The summed E-state index contributed by atoms with van der Waals surface area (Å²) in [5, 5.41) is 23.6. The van der Waals surface area contributed by atoms with E-state index in [0.717, 1.165) is 96.3 Å². The third kappa shape index (κ3) is 40.4. The minimum absolute atomic E-state index is 0.0588. The number of carbonyl (C=O) groups excluding carboxylic acids is 2. The first-order valence-corrected chi connectivity index (χ1v) is 24.4. The van der Waals surface area contributed by atoms with Gasteiger partial charge in [0.1, 0.15) is 6.10 Å². The molecule has 0 aliphatic heterocycles. The Bertz CT molecular complexity index is 988. The molecule has 0 bridgehead atoms. The molecule has 0 fully saturated rings. The summed E-state index contributed by atoms with van der Waals surface area (Å²) in [4.78, 5) is 26.0. The second kappa shape index (κ2) is 44.9. The molecule has 0 heterocycles. The van der Waals surface area contributed by atoms with Gasteiger partial charge in [0.25, 0.3) is 0 Å². The summed E-state index contributed by atoms with van der Waals surface area (Å²) >= 11 is 0. The van der Waals surface area contributed by atoms with Crippen molar-refractivity contribution in [1.82, 2.24) is 5.32 Å². The van der Waals surface area contributed by atoms with Crippen LogP contribution in [0.5, 0.6) is 0 Å². The lowest BCUT2D eigenvalue weighted by molar-refractivity contribution is -0.151. The van der Waals surface area contributed by atoms with Gasteiger partial charge in [0.05, 0.1) is 25.2 Å². The highest BCUT2D eigenvalue weighted by molar-refractivity contribution is 5.77. The smallest absolute Gasteiger partial charge is 0.306 e. The van der Waals surface area contributed by atoms with Crippen LogP contribution in [-0.4, -0.2) is 46.9 Å². The van der Waals surface area contributed by atoms with Crippen LogP contribution in [0.2, 0.25) is 0 Å². The van der Waals surface area contributed by atoms with Crippen LogP contribution < -0.4 is 5.32 Å². The molecular formula is C51H93NO5. The van der Waals surface area contributed by atoms with Crippen LogP contribution in [0.1, 0.15) is 239 Å². The van der Waals surface area contributed by atoms with Crippen molar-refractivity contribution < 1.29 is 24.5 Å². The third-order valence-corrected chi connectivity index (χ3v) is 11.0. The summed E-state index contributed by atoms with van der Waals surface area (Å²) in [6, 6.07) is -0.708. The number of hydrogen-bond donors (Lipinski definition) is 3. The Morgan fingerprint density at radius 1 is 0.526 bits per heavy atom. The van der Waals surface area contributed by atoms with Gasteiger partial charge in [-0.05, 0) is 70.6 Å². The number of esters is 1. The van der Waals surface area contributed by atoms with Gasteiger partial charge in [-0.3, -0.25) is 9.59 Å². The maximum atomic E-state index is 13.1. The van der Waals surface area contributed by atoms with E-state index in [4.69, 9.17) is 4.74 Å². The Kier molecular flexibility index (Phi) is 43.2. The van der Waals surface area contributed by atoms with Crippen LogP contribution in [0.25, 0.3) is 0 Å². The Labute approximate surface area is 353 Å². The van der Waals surface area contributed by atoms with Crippen molar-refractivity contribution in [3.05, 3.63) is 48.6 Å². The molecule has 1 amide bonds. The van der Waals surface area contributed by atoms with Gasteiger partial charge in [-0.25, -0.2) is 0 Å². The van der Waals surface area contributed by atoms with Gasteiger partial charge in [-0.1, -0.05) is 204 Å². The molecule has 57 heavy (non-hydrogen) atoms. The highest BCUT2D eigenvalue weighted by atomic mass is 16.5. The molecule has 0 aromatic heterocycles. The summed E-state index contributed by atoms with van der Waals surface area (Å²) in [7, 11) is 0. The molecule has 0 aliphatic carbocycles. The van der Waals surface area contributed by atoms with Crippen molar-refractivity contribution in [3.8, 4) is 0 Å². The molecular weight excluding hydrogens is 707 g/mol. The molecule has 3 N–H and O–H groups in total. The van der Waals surface area contributed by atoms with Gasteiger partial charge in [0.2, 0.25) is 5.91 Å². The topological polar surface area (TPSA) is 95.9 Å². The highest BCUT2D eigenvalue weighted by Crippen LogP contribution is 2.17. The number of aliphatic hydroxyl groups is 2. The van der Waals surface area contributed by atoms with Crippen LogP contribution in [-0.2, 0) is 14.3 Å². The van der Waals surface area contributed by atoms with Crippen LogP contribution in [0.15, 0.2) is 48.6 Å². The van der Waals surface area contributed by atoms with Gasteiger partial charge in [-0.2, -0.15) is 0 Å². The summed E-state index contributed by atoms with van der Waals surface area (Å²) < 4.78 is 5.90. The van der Waals surface area contributed by atoms with E-state index < -0.39 is 18.2 Å². The zero-order valence-corrected chi connectivity index (χ0v) is 37.7. The molecule has 3 unspecified atom stereocenters. The quantitative estimate of drug-likeness (QED) is 0.0247. The zero-order valence-electron chi connectivity index (χ0n) is 37.7. The third-order valence-electron chi connectivity index (χ3n) is 11.0. The standard InChI is InChI=1S/C51H93NO5/c1-4-7-10-13-16-19-21-23-24-25-27-28-31-33-36-39-42-47(57-51(56)44-41-38-35-32-29-26-22-20-17-14-11-8-5-2)45-50(55)52-48(46-53)49(54)43-40-37-34-30-18-15-12-9-6-3/h8,11,14,17,20,22,27-28,47-49,53-54H,4-7,9-10,12-13,15-16,18-19,21,23-26,29-46H2,1-3H3,(H,52,55)/b11-8+,17-14+,22-20-,28-27+. The largest absolute Gasteiger partial charge is 0.462 e. The maximum Gasteiger partial charge on any atom is 0.306 e. The Morgan fingerprint density at radius 2 is 0.965 bits per heavy atom. The fourth-order valence-electron chi connectivity index (χ4n) is 7.25. The molecule has 0 aromatic carbocycles. The fraction of sp³-hybridized carbons (Fsp3) is 0.804. The number of hydrogen-bond acceptors (Lipinski definition) is 5. The van der Waals surface area contributed by atoms with Crippen LogP contribution in [0.3, 0.4) is 0 Å². The van der Waals surface area contributed by atoms with Gasteiger partial charge in [-0.15, -0.1) is 0 Å². The van der Waals surface area contributed by atoms with E-state index in [-0.39, 0.29) is 24.9 Å². The van der Waals surface area contributed by atoms with E-state index in [1.807, 2.05) is 0 Å². The molecule has 6 nitrogen and oxygen atoms in total. The second-order valence-electron chi connectivity index (χ2n) is 16.5. The van der Waals surface area contributed by atoms with Crippen molar-refractivity contribution in [2.45, 2.75) is 257 Å². The minimum Gasteiger partial charge on any atom is -0.462 e. The normalized spacial score (nSPS) is 13.7. The monoisotopic (exact) mass is 800 g/mol. The Balaban J connectivity index is 4.64. The molecule has 0 aliphatic rings. The number of amides is 1. The number of ether oxygens (including phenoxy) is 1. The molecule has 0 saturated heterocycles. The average molecular weight is 800 g/mol. The van der Waals surface area contributed by atoms with E-state index in [0.29, 0.717) is 19.3 Å². The molecule has 0 spiro atoms. The first-order chi connectivity index (χ1) is 28.0. The summed E-state index contributed by atoms with van der Waals surface area (Å²) in [5.74, 6) is -0.512. The number of carbonyl (C=O) groups is 2. The molecule has 0 saturated carbocycles. The molecule has 6 heteroatoms. The number of rotatable bonds is 43. The second-order valence-corrected chi connectivity index (χ2v) is 16.5. The zero-order chi connectivity index (χ0) is 41.7. The number of allylic oxidation sites excluding steroid dienone is 8. The number of unbranched alkanes of at least 4 members (excludes halogenated alkanes) is 25. The van der Waals surface area contributed by atoms with Crippen molar-refractivity contribution in [1.29, 1.82) is 0 Å². The van der Waals surface area contributed by atoms with E-state index in [1.165, 1.54) is 96.3 Å². The predicted octanol–water partition coefficient (Wildman–Crippen LogP) is 14.3. The average Bonchev–Trinajstić information content (AvgIpc) is 3.20. The van der Waals surface area contributed by atoms with Crippen molar-refractivity contribution in [2.24, 2.45) is 0 Å². The number of nitrogens with one attached hydrogen (secondary N) is 1. The first-order valence-electron chi connectivity index (χ1n) is 24.4. The van der Waals surface area contributed by atoms with Crippen molar-refractivity contribution in [3.63, 3.8) is 0 Å². The number of aliphatic hydroxyl groups excluding tert-OH is 2. The summed E-state index contributed by atoms with van der Waals surface area (Å²) in [6.45, 7) is 6.32. The van der Waals surface area contributed by atoms with E-state index >= 15 is 0 Å². The van der Waals surface area contributed by atoms with Crippen LogP contribution in [0, 0.1) is 0 Å². The highest BCUT2D eigenvalue weighted by Gasteiger charge is 2.24. The summed E-state index contributed by atoms with van der Waals surface area (Å²) in [5.41, 5.74) is 0. The lowest BCUT2D eigenvalue weighted by Gasteiger charge is -2.24. The predicted molar refractivity (Wildman–Crippen MR) is 245 cm³/mol. The van der Waals surface area contributed by atoms with E-state index in [2.05, 4.69) is 74.7 Å². The van der Waals surface area contributed by atoms with E-state index in [1.54, 1.807) is 0 Å². The Morgan fingerprint density at radius 3 is 1.49 bits per heavy atom. The lowest BCUT2D eigenvalue weighted by atomic mass is 10.0. The Hall–Kier alpha value is -2.18. The SMILES string of the molecule is CC/C=C/C=C/C=C\CCCCCCCC(=O)OC(CCCCC/C=C/CCCCCCCCCCC)CC(=O)NC(CO)C(O)CCCCCCCCCCC. The van der Waals surface area contributed by atoms with E-state index in [9.17, 15) is 19.8 Å². The maximum absolute atomic E-state index is 13.1. The van der Waals surface area contributed by atoms with Gasteiger partial charge in [0, 0.05) is 6.42 Å². The molecule has 3 atom stereocenters. The fourth-order valence-corrected chi connectivity index (χ4v) is 7.25.